The molecule has 0 spiro atoms. The molecule has 6 rings (SSSR count). The van der Waals surface area contributed by atoms with Crippen molar-refractivity contribution in [1.82, 2.24) is 9.97 Å². The Morgan fingerprint density at radius 2 is 1.03 bits per heavy atom. The fourth-order valence-electron chi connectivity index (χ4n) is 4.58. The van der Waals surface area contributed by atoms with Gasteiger partial charge in [0.2, 0.25) is 0 Å². The topological polar surface area (TPSA) is 25.8 Å². The number of fused-ring (bicyclic) bond motifs is 2. The van der Waals surface area contributed by atoms with Crippen LogP contribution in [-0.4, -0.2) is 9.97 Å². The molecule has 0 atom stereocenters. The number of hydrogen-bond donors (Lipinski definition) is 0. The van der Waals surface area contributed by atoms with Crippen molar-refractivity contribution in [3.8, 4) is 22.5 Å². The number of aromatic nitrogens is 2. The molecule has 0 radical (unpaired) electrons. The zero-order chi connectivity index (χ0) is 23.3. The first-order valence-electron chi connectivity index (χ1n) is 12.0. The summed E-state index contributed by atoms with van der Waals surface area (Å²) >= 11 is 0. The third-order valence-corrected chi connectivity index (χ3v) is 6.37. The van der Waals surface area contributed by atoms with Crippen molar-refractivity contribution in [3.05, 3.63) is 121 Å². The summed E-state index contributed by atoms with van der Waals surface area (Å²) in [5.41, 5.74) is 7.33. The second-order valence-corrected chi connectivity index (χ2v) is 8.47. The molecule has 35 heavy (non-hydrogen) atoms. The Morgan fingerprint density at radius 3 is 1.40 bits per heavy atom. The zero-order valence-electron chi connectivity index (χ0n) is 20.2. The molecule has 2 heterocycles. The fraction of sp³-hybridized carbons (Fsp3) is 0.125. The summed E-state index contributed by atoms with van der Waals surface area (Å²) in [5.74, 6) is 0. The monoisotopic (exact) mass is 530 g/mol. The molecule has 0 aliphatic heterocycles. The Bertz CT molecular complexity index is 1390. The average molecular weight is 532 g/mol. The minimum Gasteiger partial charge on any atom is -0.295 e. The van der Waals surface area contributed by atoms with Crippen molar-refractivity contribution < 1.29 is 26.2 Å². The molecule has 0 N–H and O–H groups in total. The minimum absolute atomic E-state index is 0. The Balaban J connectivity index is 0.000000160. The van der Waals surface area contributed by atoms with Crippen molar-refractivity contribution in [1.29, 1.82) is 0 Å². The van der Waals surface area contributed by atoms with Crippen LogP contribution in [-0.2, 0) is 39.0 Å². The second-order valence-electron chi connectivity index (χ2n) is 8.47. The van der Waals surface area contributed by atoms with Gasteiger partial charge in [0, 0.05) is 23.8 Å². The Morgan fingerprint density at radius 1 is 0.571 bits per heavy atom. The van der Waals surface area contributed by atoms with Gasteiger partial charge < -0.3 is 0 Å². The van der Waals surface area contributed by atoms with Crippen LogP contribution < -0.4 is 0 Å². The van der Waals surface area contributed by atoms with E-state index < -0.39 is 0 Å². The molecule has 0 fully saturated rings. The van der Waals surface area contributed by atoms with E-state index in [9.17, 15) is 0 Å². The largest absolute Gasteiger partial charge is 2.00 e. The maximum atomic E-state index is 4.40. The smallest absolute Gasteiger partial charge is 0.295 e. The molecule has 0 unspecified atom stereocenters. The first kappa shape index (κ1) is 25.0. The fourth-order valence-corrected chi connectivity index (χ4v) is 4.58. The van der Waals surface area contributed by atoms with Crippen molar-refractivity contribution in [2.24, 2.45) is 0 Å². The van der Waals surface area contributed by atoms with E-state index in [1.807, 2.05) is 36.7 Å². The van der Waals surface area contributed by atoms with Crippen LogP contribution in [0.1, 0.15) is 25.0 Å². The Hall–Kier alpha value is -3.16. The first-order chi connectivity index (χ1) is 16.8. The molecule has 0 aliphatic carbocycles. The molecule has 0 bridgehead atoms. The van der Waals surface area contributed by atoms with E-state index in [4.69, 9.17) is 0 Å². The van der Waals surface area contributed by atoms with Gasteiger partial charge in [0.15, 0.2) is 0 Å². The molecule has 170 valence electrons. The molecule has 4 aromatic carbocycles. The van der Waals surface area contributed by atoms with Crippen LogP contribution in [0, 0.1) is 0 Å². The summed E-state index contributed by atoms with van der Waals surface area (Å²) < 4.78 is 0. The van der Waals surface area contributed by atoms with E-state index in [-0.39, 0.29) is 26.2 Å². The van der Waals surface area contributed by atoms with Gasteiger partial charge in [0.05, 0.1) is 0 Å². The minimum atomic E-state index is 0. The van der Waals surface area contributed by atoms with E-state index >= 15 is 0 Å². The van der Waals surface area contributed by atoms with Gasteiger partial charge in [0.25, 0.3) is 0 Å². The molecule has 0 amide bonds. The van der Waals surface area contributed by atoms with Gasteiger partial charge >= 0.3 is 26.2 Å². The van der Waals surface area contributed by atoms with E-state index in [1.54, 1.807) is 0 Å². The summed E-state index contributed by atoms with van der Waals surface area (Å²) in [6.07, 6.45) is 5.83. The third-order valence-electron chi connectivity index (χ3n) is 6.37. The van der Waals surface area contributed by atoms with Gasteiger partial charge in [-0.25, -0.2) is 0 Å². The van der Waals surface area contributed by atoms with Crippen molar-refractivity contribution in [2.75, 3.05) is 0 Å². The number of nitrogens with zero attached hydrogens (tertiary/aromatic N) is 2. The predicted octanol–water partition coefficient (Wildman–Crippen LogP) is 8.36. The third kappa shape index (κ3) is 5.41. The van der Waals surface area contributed by atoms with Gasteiger partial charge in [0.1, 0.15) is 0 Å². The molecular weight excluding hydrogens is 504 g/mol. The van der Waals surface area contributed by atoms with E-state index in [2.05, 4.69) is 96.6 Å². The quantitative estimate of drug-likeness (QED) is 0.214. The number of hydrogen-bond acceptors (Lipinski definition) is 2. The van der Waals surface area contributed by atoms with Crippen molar-refractivity contribution in [2.45, 2.75) is 26.7 Å². The van der Waals surface area contributed by atoms with E-state index in [1.165, 1.54) is 43.8 Å². The maximum absolute atomic E-state index is 4.40. The summed E-state index contributed by atoms with van der Waals surface area (Å²) in [4.78, 5) is 8.80. The van der Waals surface area contributed by atoms with Gasteiger partial charge in [-0.1, -0.05) is 73.5 Å². The zero-order valence-corrected chi connectivity index (χ0v) is 22.7. The Kier molecular flexibility index (Phi) is 8.21. The van der Waals surface area contributed by atoms with Gasteiger partial charge in [-0.3, -0.25) is 9.97 Å². The second kappa shape index (κ2) is 11.5. The van der Waals surface area contributed by atoms with Gasteiger partial charge in [-0.05, 0) is 25.0 Å². The molecule has 6 aromatic rings. The predicted molar refractivity (Wildman–Crippen MR) is 144 cm³/mol. The number of benzene rings is 2. The number of rotatable bonds is 4. The summed E-state index contributed by atoms with van der Waals surface area (Å²) in [5, 5.41) is 5.33. The van der Waals surface area contributed by atoms with Crippen LogP contribution in [0.3, 0.4) is 0 Å². The molecule has 0 saturated heterocycles. The van der Waals surface area contributed by atoms with Gasteiger partial charge in [-0.15, -0.1) is 69.1 Å². The number of aryl methyl sites for hydroxylation is 2. The van der Waals surface area contributed by atoms with Crippen LogP contribution in [0.15, 0.2) is 109 Å². The first-order valence-corrected chi connectivity index (χ1v) is 12.0. The number of pyridine rings is 2. The van der Waals surface area contributed by atoms with Crippen LogP contribution >= 0.6 is 0 Å². The van der Waals surface area contributed by atoms with Crippen molar-refractivity contribution >= 4 is 21.5 Å². The molecule has 0 saturated carbocycles. The van der Waals surface area contributed by atoms with E-state index in [0.29, 0.717) is 0 Å². The summed E-state index contributed by atoms with van der Waals surface area (Å²) in [7, 11) is 0. The van der Waals surface area contributed by atoms with E-state index in [0.717, 1.165) is 24.2 Å². The maximum Gasteiger partial charge on any atom is 2.00 e. The van der Waals surface area contributed by atoms with Crippen LogP contribution in [0.2, 0.25) is 0 Å². The summed E-state index contributed by atoms with van der Waals surface area (Å²) in [6, 6.07) is 34.0. The van der Waals surface area contributed by atoms with Crippen LogP contribution in [0.4, 0.5) is 0 Å². The molecule has 2 aromatic heterocycles. The average Bonchev–Trinajstić information content (AvgIpc) is 3.55. The van der Waals surface area contributed by atoms with Crippen molar-refractivity contribution in [3.63, 3.8) is 0 Å². The Labute approximate surface area is 226 Å². The SMILES string of the molecule is CCc1cccc2[cH-]c(-c3ccccn3)cc12.CCc1cccc2[cH-]c(-c3ccccn3)cc12.[Zr+2]. The van der Waals surface area contributed by atoms with Crippen LogP contribution in [0.5, 0.6) is 0 Å². The molecule has 0 aliphatic rings. The van der Waals surface area contributed by atoms with Crippen LogP contribution in [0.25, 0.3) is 44.1 Å². The summed E-state index contributed by atoms with van der Waals surface area (Å²) in [6.45, 7) is 4.39. The normalized spacial score (nSPS) is 10.6. The van der Waals surface area contributed by atoms with Gasteiger partial charge in [-0.2, -0.15) is 0 Å². The molecule has 3 heteroatoms. The molecule has 2 nitrogen and oxygen atoms in total. The molecular formula is C32H28N2Zr. The standard InChI is InChI=1S/2C16H14N.Zr/c2*1-2-12-6-5-7-13-10-14(11-15(12)13)16-8-3-4-9-17-16;/h2*3-11H,2H2,1H3;/q2*-1;+2.